The molecule has 2 aromatic rings. The molecule has 0 saturated heterocycles. The van der Waals surface area contributed by atoms with Crippen molar-refractivity contribution in [2.24, 2.45) is 0 Å². The van der Waals surface area contributed by atoms with E-state index in [1.165, 1.54) is 11.6 Å². The molecular weight excluding hydrogens is 251 g/mol. The first-order chi connectivity index (χ1) is 8.58. The molecule has 0 unspecified atom stereocenters. The molecule has 0 radical (unpaired) electrons. The third kappa shape index (κ3) is 2.82. The second-order valence-corrected chi connectivity index (χ2v) is 4.64. The molecule has 2 rings (SSSR count). The summed E-state index contributed by atoms with van der Waals surface area (Å²) >= 11 is 5.63. The lowest BCUT2D eigenvalue weighted by Gasteiger charge is -2.11. The Labute approximate surface area is 111 Å². The highest BCUT2D eigenvalue weighted by Gasteiger charge is 2.04. The summed E-state index contributed by atoms with van der Waals surface area (Å²) in [5.41, 5.74) is 3.04. The Morgan fingerprint density at radius 1 is 1.17 bits per heavy atom. The zero-order valence-electron chi connectivity index (χ0n) is 10.3. The molecule has 0 atom stereocenters. The lowest BCUT2D eigenvalue weighted by molar-refractivity contribution is 0.303. The zero-order chi connectivity index (χ0) is 13.1. The van der Waals surface area contributed by atoms with Crippen LogP contribution in [0.25, 0.3) is 0 Å². The Bertz CT molecular complexity index is 566. The molecule has 0 heterocycles. The standard InChI is InChI=1S/C15H14ClFO/c1-10-4-3-5-15(11(10)2)18-9-12-6-7-13(16)14(17)8-12/h3-8H,9H2,1-2H3. The van der Waals surface area contributed by atoms with Crippen LogP contribution in [0.15, 0.2) is 36.4 Å². The SMILES string of the molecule is Cc1cccc(OCc2ccc(Cl)c(F)c2)c1C. The minimum Gasteiger partial charge on any atom is -0.489 e. The van der Waals surface area contributed by atoms with E-state index in [0.29, 0.717) is 6.61 Å². The van der Waals surface area contributed by atoms with Gasteiger partial charge in [0.25, 0.3) is 0 Å². The highest BCUT2D eigenvalue weighted by molar-refractivity contribution is 6.30. The summed E-state index contributed by atoms with van der Waals surface area (Å²) in [5.74, 6) is 0.407. The molecule has 0 bridgehead atoms. The number of halogens is 2. The first-order valence-electron chi connectivity index (χ1n) is 5.71. The van der Waals surface area contributed by atoms with E-state index in [0.717, 1.165) is 16.9 Å². The maximum Gasteiger partial charge on any atom is 0.142 e. The number of rotatable bonds is 3. The number of hydrogen-bond donors (Lipinski definition) is 0. The molecule has 18 heavy (non-hydrogen) atoms. The van der Waals surface area contributed by atoms with Crippen LogP contribution in [0.5, 0.6) is 5.75 Å². The second-order valence-electron chi connectivity index (χ2n) is 4.24. The van der Waals surface area contributed by atoms with Gasteiger partial charge < -0.3 is 4.74 Å². The molecule has 0 amide bonds. The molecule has 94 valence electrons. The van der Waals surface area contributed by atoms with Crippen molar-refractivity contribution >= 4 is 11.6 Å². The number of hydrogen-bond acceptors (Lipinski definition) is 1. The van der Waals surface area contributed by atoms with Crippen LogP contribution in [0.1, 0.15) is 16.7 Å². The van der Waals surface area contributed by atoms with Crippen molar-refractivity contribution < 1.29 is 9.13 Å². The lowest BCUT2D eigenvalue weighted by Crippen LogP contribution is -1.98. The van der Waals surface area contributed by atoms with Crippen molar-refractivity contribution in [1.29, 1.82) is 0 Å². The summed E-state index contributed by atoms with van der Waals surface area (Å²) in [6.07, 6.45) is 0. The van der Waals surface area contributed by atoms with Gasteiger partial charge in [0.1, 0.15) is 18.2 Å². The topological polar surface area (TPSA) is 9.23 Å². The van der Waals surface area contributed by atoms with Gasteiger partial charge in [0.2, 0.25) is 0 Å². The molecular formula is C15H14ClFO. The van der Waals surface area contributed by atoms with Gasteiger partial charge in [-0.15, -0.1) is 0 Å². The molecule has 0 aliphatic carbocycles. The van der Waals surface area contributed by atoms with Gasteiger partial charge in [0.15, 0.2) is 0 Å². The first-order valence-corrected chi connectivity index (χ1v) is 6.08. The Morgan fingerprint density at radius 2 is 1.94 bits per heavy atom. The van der Waals surface area contributed by atoms with Crippen LogP contribution in [0.2, 0.25) is 5.02 Å². The van der Waals surface area contributed by atoms with Gasteiger partial charge in [-0.25, -0.2) is 4.39 Å². The molecule has 3 heteroatoms. The maximum atomic E-state index is 13.3. The molecule has 2 aromatic carbocycles. The number of benzene rings is 2. The van der Waals surface area contributed by atoms with E-state index in [9.17, 15) is 4.39 Å². The summed E-state index contributed by atoms with van der Waals surface area (Å²) in [4.78, 5) is 0. The summed E-state index contributed by atoms with van der Waals surface area (Å²) < 4.78 is 18.9. The van der Waals surface area contributed by atoms with Crippen LogP contribution in [0.4, 0.5) is 4.39 Å². The van der Waals surface area contributed by atoms with Gasteiger partial charge in [-0.1, -0.05) is 29.8 Å². The average Bonchev–Trinajstić information content (AvgIpc) is 2.35. The van der Waals surface area contributed by atoms with Crippen molar-refractivity contribution in [3.05, 3.63) is 63.9 Å². The highest BCUT2D eigenvalue weighted by Crippen LogP contribution is 2.22. The number of aryl methyl sites for hydroxylation is 1. The van der Waals surface area contributed by atoms with E-state index in [-0.39, 0.29) is 5.02 Å². The molecule has 0 N–H and O–H groups in total. The second kappa shape index (κ2) is 5.40. The summed E-state index contributed by atoms with van der Waals surface area (Å²) in [5, 5.41) is 0.130. The molecule has 1 nitrogen and oxygen atoms in total. The molecule has 0 aliphatic rings. The molecule has 0 fully saturated rings. The van der Waals surface area contributed by atoms with Gasteiger partial charge >= 0.3 is 0 Å². The van der Waals surface area contributed by atoms with Crippen molar-refractivity contribution in [1.82, 2.24) is 0 Å². The van der Waals surface area contributed by atoms with E-state index in [4.69, 9.17) is 16.3 Å². The van der Waals surface area contributed by atoms with Crippen molar-refractivity contribution in [2.45, 2.75) is 20.5 Å². The Kier molecular flexibility index (Phi) is 3.87. The Morgan fingerprint density at radius 3 is 2.67 bits per heavy atom. The smallest absolute Gasteiger partial charge is 0.142 e. The third-order valence-corrected chi connectivity index (χ3v) is 3.24. The van der Waals surface area contributed by atoms with Crippen LogP contribution in [-0.4, -0.2) is 0 Å². The van der Waals surface area contributed by atoms with Crippen molar-refractivity contribution in [3.63, 3.8) is 0 Å². The summed E-state index contributed by atoms with van der Waals surface area (Å²) in [6.45, 7) is 4.37. The predicted molar refractivity (Wildman–Crippen MR) is 71.7 cm³/mol. The quantitative estimate of drug-likeness (QED) is 0.782. The van der Waals surface area contributed by atoms with Gasteiger partial charge in [0, 0.05) is 0 Å². The maximum absolute atomic E-state index is 13.3. The zero-order valence-corrected chi connectivity index (χ0v) is 11.1. The fraction of sp³-hybridized carbons (Fsp3) is 0.200. The monoisotopic (exact) mass is 264 g/mol. The fourth-order valence-electron chi connectivity index (χ4n) is 1.67. The molecule has 0 saturated carbocycles. The average molecular weight is 265 g/mol. The first kappa shape index (κ1) is 12.9. The van der Waals surface area contributed by atoms with E-state index < -0.39 is 5.82 Å². The van der Waals surface area contributed by atoms with Gasteiger partial charge in [-0.05, 0) is 48.7 Å². The van der Waals surface area contributed by atoms with E-state index in [2.05, 4.69) is 0 Å². The predicted octanol–water partition coefficient (Wildman–Crippen LogP) is 4.67. The van der Waals surface area contributed by atoms with Crippen molar-refractivity contribution in [2.75, 3.05) is 0 Å². The summed E-state index contributed by atoms with van der Waals surface area (Å²) in [7, 11) is 0. The molecule has 0 aromatic heterocycles. The minimum absolute atomic E-state index is 0.130. The number of ether oxygens (including phenoxy) is 1. The Hall–Kier alpha value is -1.54. The Balaban J connectivity index is 2.11. The van der Waals surface area contributed by atoms with Crippen LogP contribution in [-0.2, 0) is 6.61 Å². The van der Waals surface area contributed by atoms with Crippen LogP contribution in [0.3, 0.4) is 0 Å². The van der Waals surface area contributed by atoms with Crippen LogP contribution in [0, 0.1) is 19.7 Å². The van der Waals surface area contributed by atoms with E-state index in [1.54, 1.807) is 12.1 Å². The van der Waals surface area contributed by atoms with Gasteiger partial charge in [-0.3, -0.25) is 0 Å². The van der Waals surface area contributed by atoms with E-state index in [1.807, 2.05) is 32.0 Å². The van der Waals surface area contributed by atoms with Crippen LogP contribution >= 0.6 is 11.6 Å². The van der Waals surface area contributed by atoms with E-state index >= 15 is 0 Å². The van der Waals surface area contributed by atoms with Gasteiger partial charge in [-0.2, -0.15) is 0 Å². The largest absolute Gasteiger partial charge is 0.489 e. The van der Waals surface area contributed by atoms with Crippen LogP contribution < -0.4 is 4.74 Å². The normalized spacial score (nSPS) is 10.4. The summed E-state index contributed by atoms with van der Waals surface area (Å²) in [6, 6.07) is 10.6. The highest BCUT2D eigenvalue weighted by atomic mass is 35.5. The molecule has 0 spiro atoms. The fourth-order valence-corrected chi connectivity index (χ4v) is 1.79. The third-order valence-electron chi connectivity index (χ3n) is 2.93. The lowest BCUT2D eigenvalue weighted by atomic mass is 10.1. The molecule has 0 aliphatic heterocycles. The minimum atomic E-state index is -0.418. The van der Waals surface area contributed by atoms with Crippen molar-refractivity contribution in [3.8, 4) is 5.75 Å². The van der Waals surface area contributed by atoms with Gasteiger partial charge in [0.05, 0.1) is 5.02 Å².